The van der Waals surface area contributed by atoms with Gasteiger partial charge in [-0.25, -0.2) is 0 Å². The van der Waals surface area contributed by atoms with E-state index in [1.807, 2.05) is 47.4 Å². The van der Waals surface area contributed by atoms with Crippen molar-refractivity contribution in [2.45, 2.75) is 26.8 Å². The first kappa shape index (κ1) is 21.2. The van der Waals surface area contributed by atoms with Crippen LogP contribution in [0.5, 0.6) is 0 Å². The number of halogens is 1. The maximum Gasteiger partial charge on any atom is 0.223 e. The molecule has 1 aliphatic heterocycles. The summed E-state index contributed by atoms with van der Waals surface area (Å²) in [4.78, 5) is 18.6. The van der Waals surface area contributed by atoms with Gasteiger partial charge in [-0.3, -0.25) is 9.79 Å². The molecular weight excluding hydrogens is 451 g/mol. The molecule has 0 aliphatic carbocycles. The molecule has 1 aliphatic rings. The van der Waals surface area contributed by atoms with Crippen molar-refractivity contribution in [2.75, 3.05) is 18.4 Å². The lowest BCUT2D eigenvalue weighted by atomic mass is 10.1. The van der Waals surface area contributed by atoms with Crippen molar-refractivity contribution in [3.05, 3.63) is 65.2 Å². The zero-order valence-corrected chi connectivity index (χ0v) is 18.1. The second kappa shape index (κ2) is 9.73. The Kier molecular flexibility index (Phi) is 7.65. The molecule has 1 fully saturated rings. The van der Waals surface area contributed by atoms with Crippen LogP contribution in [0.4, 0.5) is 5.69 Å². The summed E-state index contributed by atoms with van der Waals surface area (Å²) in [6, 6.07) is 16.3. The number of nitrogens with one attached hydrogen (secondary N) is 1. The van der Waals surface area contributed by atoms with E-state index in [9.17, 15) is 4.79 Å². The fraction of sp³-hybridized carbons (Fsp3) is 0.333. The molecule has 144 valence electrons. The lowest BCUT2D eigenvalue weighted by Gasteiger charge is -2.16. The summed E-state index contributed by atoms with van der Waals surface area (Å²) in [5.41, 5.74) is 10.5. The van der Waals surface area contributed by atoms with Crippen molar-refractivity contribution in [2.24, 2.45) is 16.6 Å². The molecule has 27 heavy (non-hydrogen) atoms. The van der Waals surface area contributed by atoms with Crippen LogP contribution in [0.25, 0.3) is 0 Å². The standard InChI is InChI=1S/C21H26N4O.HI/c1-15-8-16(2)10-19(9-15)24-21(22)23-12-18-11-20(26)25(14-18)13-17-6-4-3-5-7-17;/h3-10,18H,11-14H2,1-2H3,(H3,22,23,24);1H. The predicted molar refractivity (Wildman–Crippen MR) is 121 cm³/mol. The molecule has 2 aromatic rings. The maximum atomic E-state index is 12.2. The average Bonchev–Trinajstić information content (AvgIpc) is 2.93. The molecule has 1 saturated heterocycles. The molecule has 0 spiro atoms. The van der Waals surface area contributed by atoms with Crippen LogP contribution in [0, 0.1) is 19.8 Å². The van der Waals surface area contributed by atoms with Crippen molar-refractivity contribution in [1.82, 2.24) is 4.90 Å². The highest BCUT2D eigenvalue weighted by molar-refractivity contribution is 14.0. The average molecular weight is 478 g/mol. The Morgan fingerprint density at radius 3 is 2.52 bits per heavy atom. The van der Waals surface area contributed by atoms with E-state index in [0.29, 0.717) is 25.5 Å². The first-order chi connectivity index (χ1) is 12.5. The molecule has 1 amide bonds. The number of guanidine groups is 1. The number of aliphatic imine (C=N–C) groups is 1. The molecule has 6 heteroatoms. The molecule has 1 atom stereocenters. The number of rotatable bonds is 5. The first-order valence-electron chi connectivity index (χ1n) is 8.96. The number of hydrogen-bond acceptors (Lipinski definition) is 2. The lowest BCUT2D eigenvalue weighted by Crippen LogP contribution is -2.26. The molecule has 5 nitrogen and oxygen atoms in total. The number of anilines is 1. The SMILES string of the molecule is Cc1cc(C)cc(NC(N)=NCC2CC(=O)N(Cc3ccccc3)C2)c1.I. The van der Waals surface area contributed by atoms with Crippen LogP contribution < -0.4 is 11.1 Å². The van der Waals surface area contributed by atoms with E-state index in [1.165, 1.54) is 11.1 Å². The van der Waals surface area contributed by atoms with Gasteiger partial charge < -0.3 is 16.0 Å². The Bertz CT molecular complexity index is 787. The van der Waals surface area contributed by atoms with Gasteiger partial charge in [0.2, 0.25) is 5.91 Å². The van der Waals surface area contributed by atoms with Crippen molar-refractivity contribution < 1.29 is 4.79 Å². The van der Waals surface area contributed by atoms with Gasteiger partial charge in [0.25, 0.3) is 0 Å². The third-order valence-electron chi connectivity index (χ3n) is 4.52. The van der Waals surface area contributed by atoms with Crippen LogP contribution >= 0.6 is 24.0 Å². The minimum atomic E-state index is 0. The Hall–Kier alpha value is -2.09. The number of likely N-dealkylation sites (tertiary alicyclic amines) is 1. The highest BCUT2D eigenvalue weighted by atomic mass is 127. The molecule has 0 bridgehead atoms. The third-order valence-corrected chi connectivity index (χ3v) is 4.52. The topological polar surface area (TPSA) is 70.7 Å². The van der Waals surface area contributed by atoms with E-state index in [4.69, 9.17) is 5.73 Å². The highest BCUT2D eigenvalue weighted by Crippen LogP contribution is 2.20. The molecule has 0 radical (unpaired) electrons. The van der Waals surface area contributed by atoms with Gasteiger partial charge in [0, 0.05) is 37.7 Å². The summed E-state index contributed by atoms with van der Waals surface area (Å²) < 4.78 is 0. The molecule has 0 aromatic heterocycles. The minimum Gasteiger partial charge on any atom is -0.370 e. The van der Waals surface area contributed by atoms with E-state index in [2.05, 4.69) is 30.2 Å². The minimum absolute atomic E-state index is 0. The molecule has 2 aromatic carbocycles. The second-order valence-electron chi connectivity index (χ2n) is 7.06. The van der Waals surface area contributed by atoms with E-state index in [1.54, 1.807) is 0 Å². The number of aryl methyl sites for hydroxylation is 2. The third kappa shape index (κ3) is 6.23. The number of benzene rings is 2. The molecule has 3 N–H and O–H groups in total. The van der Waals surface area contributed by atoms with Gasteiger partial charge in [-0.2, -0.15) is 0 Å². The van der Waals surface area contributed by atoms with Crippen LogP contribution in [0.2, 0.25) is 0 Å². The summed E-state index contributed by atoms with van der Waals surface area (Å²) in [5.74, 6) is 0.796. The van der Waals surface area contributed by atoms with Crippen LogP contribution in [0.3, 0.4) is 0 Å². The van der Waals surface area contributed by atoms with Gasteiger partial charge >= 0.3 is 0 Å². The number of carbonyl (C=O) groups excluding carboxylic acids is 1. The molecular formula is C21H27IN4O. The summed E-state index contributed by atoms with van der Waals surface area (Å²) in [5, 5.41) is 3.14. The van der Waals surface area contributed by atoms with Crippen molar-refractivity contribution in [1.29, 1.82) is 0 Å². The maximum absolute atomic E-state index is 12.2. The van der Waals surface area contributed by atoms with Crippen LogP contribution in [-0.4, -0.2) is 29.9 Å². The zero-order chi connectivity index (χ0) is 18.5. The number of nitrogens with zero attached hydrogens (tertiary/aromatic N) is 2. The van der Waals surface area contributed by atoms with Gasteiger partial charge in [0.1, 0.15) is 0 Å². The Morgan fingerprint density at radius 2 is 1.85 bits per heavy atom. The number of carbonyl (C=O) groups is 1. The van der Waals surface area contributed by atoms with E-state index in [-0.39, 0.29) is 35.8 Å². The number of nitrogens with two attached hydrogens (primary N) is 1. The van der Waals surface area contributed by atoms with E-state index >= 15 is 0 Å². The van der Waals surface area contributed by atoms with Crippen molar-refractivity contribution in [3.8, 4) is 0 Å². The quantitative estimate of drug-likeness (QED) is 0.391. The smallest absolute Gasteiger partial charge is 0.223 e. The zero-order valence-electron chi connectivity index (χ0n) is 15.8. The fourth-order valence-electron chi connectivity index (χ4n) is 3.39. The summed E-state index contributed by atoms with van der Waals surface area (Å²) in [6.07, 6.45) is 0.535. The predicted octanol–water partition coefficient (Wildman–Crippen LogP) is 3.70. The summed E-state index contributed by atoms with van der Waals surface area (Å²) in [6.45, 7) is 6.05. The normalized spacial score (nSPS) is 17.0. The van der Waals surface area contributed by atoms with Gasteiger partial charge in [0.05, 0.1) is 0 Å². The first-order valence-corrected chi connectivity index (χ1v) is 8.96. The van der Waals surface area contributed by atoms with Gasteiger partial charge in [-0.1, -0.05) is 36.4 Å². The second-order valence-corrected chi connectivity index (χ2v) is 7.06. The largest absolute Gasteiger partial charge is 0.370 e. The summed E-state index contributed by atoms with van der Waals surface area (Å²) in [7, 11) is 0. The van der Waals surface area contributed by atoms with Crippen LogP contribution in [0.15, 0.2) is 53.5 Å². The van der Waals surface area contributed by atoms with E-state index < -0.39 is 0 Å². The monoisotopic (exact) mass is 478 g/mol. The lowest BCUT2D eigenvalue weighted by molar-refractivity contribution is -0.128. The van der Waals surface area contributed by atoms with Gasteiger partial charge in [-0.15, -0.1) is 24.0 Å². The summed E-state index contributed by atoms with van der Waals surface area (Å²) >= 11 is 0. The number of hydrogen-bond donors (Lipinski definition) is 2. The van der Waals surface area contributed by atoms with Crippen LogP contribution in [-0.2, 0) is 11.3 Å². The highest BCUT2D eigenvalue weighted by Gasteiger charge is 2.29. The fourth-order valence-corrected chi connectivity index (χ4v) is 3.39. The molecule has 1 heterocycles. The molecule has 3 rings (SSSR count). The van der Waals surface area contributed by atoms with Gasteiger partial charge in [0.15, 0.2) is 5.96 Å². The molecule has 0 saturated carbocycles. The van der Waals surface area contributed by atoms with E-state index in [0.717, 1.165) is 17.8 Å². The van der Waals surface area contributed by atoms with Crippen molar-refractivity contribution >= 4 is 41.5 Å². The Balaban J connectivity index is 0.00000261. The Morgan fingerprint density at radius 1 is 1.19 bits per heavy atom. The molecule has 1 unspecified atom stereocenters. The van der Waals surface area contributed by atoms with Crippen molar-refractivity contribution in [3.63, 3.8) is 0 Å². The Labute approximate surface area is 178 Å². The van der Waals surface area contributed by atoms with Gasteiger partial charge in [-0.05, 0) is 42.7 Å². The number of amides is 1. The van der Waals surface area contributed by atoms with Crippen LogP contribution in [0.1, 0.15) is 23.1 Å².